The molecule has 2 heteroatoms. The number of nitrogens with one attached hydrogen (secondary N) is 1. The number of hydrogen-bond donors (Lipinski definition) is 1. The Bertz CT molecular complexity index is 101. The van der Waals surface area contributed by atoms with Crippen LogP contribution in [0.3, 0.4) is 0 Å². The van der Waals surface area contributed by atoms with Gasteiger partial charge in [0.25, 0.3) is 0 Å². The third-order valence-electron chi connectivity index (χ3n) is 2.12. The quantitative estimate of drug-likeness (QED) is 0.547. The minimum Gasteiger partial charge on any atom is -0.258 e. The van der Waals surface area contributed by atoms with Crippen molar-refractivity contribution in [2.45, 2.75) is 39.2 Å². The van der Waals surface area contributed by atoms with Gasteiger partial charge in [0.2, 0.25) is 0 Å². The molecule has 1 N–H and O–H groups in total. The van der Waals surface area contributed by atoms with Gasteiger partial charge in [0.05, 0.1) is 0 Å². The largest absolute Gasteiger partial charge is 0.258 e. The molecule has 0 spiro atoms. The molecule has 1 rings (SSSR count). The molecule has 0 aromatic carbocycles. The summed E-state index contributed by atoms with van der Waals surface area (Å²) in [6.07, 6.45) is 4.08. The lowest BCUT2D eigenvalue weighted by atomic mass is 9.92. The van der Waals surface area contributed by atoms with Gasteiger partial charge in [-0.05, 0) is 24.7 Å². The average Bonchev–Trinajstić information content (AvgIpc) is 2.10. The Hall–Kier alpha value is 0.690. The number of hydrogen-bond acceptors (Lipinski definition) is 1. The smallest absolute Gasteiger partial charge is 0.0172 e. The van der Waals surface area contributed by atoms with Gasteiger partial charge in [0, 0.05) is 28.9 Å². The summed E-state index contributed by atoms with van der Waals surface area (Å²) in [5.74, 6) is 0. The van der Waals surface area contributed by atoms with Gasteiger partial charge >= 0.3 is 0 Å². The van der Waals surface area contributed by atoms with Crippen molar-refractivity contribution in [2.24, 2.45) is 5.41 Å². The fraction of sp³-hybridized carbons (Fsp3) is 1.00. The van der Waals surface area contributed by atoms with Crippen molar-refractivity contribution in [3.63, 3.8) is 0 Å². The van der Waals surface area contributed by atoms with Gasteiger partial charge in [-0.25, -0.2) is 0 Å². The SMILES string of the molecule is CC1(C)CCC(NI)C1. The van der Waals surface area contributed by atoms with Gasteiger partial charge in [-0.1, -0.05) is 13.8 Å². The summed E-state index contributed by atoms with van der Waals surface area (Å²) in [5, 5.41) is 0. The van der Waals surface area contributed by atoms with Crippen molar-refractivity contribution in [3.8, 4) is 0 Å². The predicted octanol–water partition coefficient (Wildman–Crippen LogP) is 2.50. The second-order valence-electron chi connectivity index (χ2n) is 3.71. The maximum atomic E-state index is 3.29. The molecule has 0 aromatic rings. The van der Waals surface area contributed by atoms with E-state index in [1.807, 2.05) is 0 Å². The molecule has 1 aliphatic carbocycles. The number of rotatable bonds is 1. The highest BCUT2D eigenvalue weighted by atomic mass is 127. The van der Waals surface area contributed by atoms with Crippen LogP contribution in [0.2, 0.25) is 0 Å². The van der Waals surface area contributed by atoms with Gasteiger partial charge in [0.15, 0.2) is 0 Å². The van der Waals surface area contributed by atoms with E-state index in [9.17, 15) is 0 Å². The molecule has 0 aliphatic heterocycles. The van der Waals surface area contributed by atoms with E-state index in [-0.39, 0.29) is 0 Å². The first-order valence-corrected chi connectivity index (χ1v) is 4.58. The van der Waals surface area contributed by atoms with Crippen LogP contribution >= 0.6 is 22.9 Å². The number of halogens is 1. The zero-order chi connectivity index (χ0) is 6.91. The molecule has 0 amide bonds. The van der Waals surface area contributed by atoms with E-state index in [2.05, 4.69) is 40.2 Å². The fourth-order valence-electron chi connectivity index (χ4n) is 1.53. The minimum atomic E-state index is 0.600. The van der Waals surface area contributed by atoms with E-state index in [0.29, 0.717) is 5.41 Å². The Kier molecular flexibility index (Phi) is 2.37. The molecule has 0 aromatic heterocycles. The van der Waals surface area contributed by atoms with Gasteiger partial charge in [-0.2, -0.15) is 0 Å². The summed E-state index contributed by atoms with van der Waals surface area (Å²) >= 11 is 2.26. The van der Waals surface area contributed by atoms with Crippen LogP contribution in [0, 0.1) is 5.41 Å². The van der Waals surface area contributed by atoms with Crippen molar-refractivity contribution in [2.75, 3.05) is 0 Å². The van der Waals surface area contributed by atoms with Crippen LogP contribution in [0.4, 0.5) is 0 Å². The Labute approximate surface area is 71.1 Å². The Morgan fingerprint density at radius 1 is 1.56 bits per heavy atom. The van der Waals surface area contributed by atoms with Crippen LogP contribution in [0.25, 0.3) is 0 Å². The molecule has 9 heavy (non-hydrogen) atoms. The highest BCUT2D eigenvalue weighted by Gasteiger charge is 2.29. The van der Waals surface area contributed by atoms with E-state index >= 15 is 0 Å². The van der Waals surface area contributed by atoms with Crippen LogP contribution in [0.5, 0.6) is 0 Å². The molecule has 1 atom stereocenters. The van der Waals surface area contributed by atoms with E-state index in [1.165, 1.54) is 19.3 Å². The Balaban J connectivity index is 2.38. The average molecular weight is 239 g/mol. The van der Waals surface area contributed by atoms with Crippen molar-refractivity contribution < 1.29 is 0 Å². The van der Waals surface area contributed by atoms with Crippen LogP contribution in [-0.4, -0.2) is 6.04 Å². The van der Waals surface area contributed by atoms with Crippen molar-refractivity contribution in [3.05, 3.63) is 0 Å². The van der Waals surface area contributed by atoms with Gasteiger partial charge in [0.1, 0.15) is 0 Å². The van der Waals surface area contributed by atoms with Crippen LogP contribution in [-0.2, 0) is 0 Å². The topological polar surface area (TPSA) is 12.0 Å². The maximum absolute atomic E-state index is 3.29. The maximum Gasteiger partial charge on any atom is 0.0172 e. The summed E-state index contributed by atoms with van der Waals surface area (Å²) in [6.45, 7) is 4.70. The second-order valence-corrected chi connectivity index (χ2v) is 4.34. The lowest BCUT2D eigenvalue weighted by Gasteiger charge is -2.15. The van der Waals surface area contributed by atoms with Crippen LogP contribution in [0.1, 0.15) is 33.1 Å². The third kappa shape index (κ3) is 2.08. The normalized spacial score (nSPS) is 33.0. The van der Waals surface area contributed by atoms with Gasteiger partial charge in [-0.3, -0.25) is 3.53 Å². The van der Waals surface area contributed by atoms with E-state index in [1.54, 1.807) is 0 Å². The molecule has 0 heterocycles. The van der Waals surface area contributed by atoms with Crippen LogP contribution < -0.4 is 3.53 Å². The predicted molar refractivity (Wildman–Crippen MR) is 48.6 cm³/mol. The molecular formula is C7H14IN. The highest BCUT2D eigenvalue weighted by molar-refractivity contribution is 14.1. The molecular weight excluding hydrogens is 225 g/mol. The summed E-state index contributed by atoms with van der Waals surface area (Å²) in [7, 11) is 0. The first-order valence-electron chi connectivity index (χ1n) is 3.50. The zero-order valence-electron chi connectivity index (χ0n) is 6.08. The van der Waals surface area contributed by atoms with Crippen molar-refractivity contribution in [1.82, 2.24) is 3.53 Å². The lowest BCUT2D eigenvalue weighted by molar-refractivity contribution is 0.374. The molecule has 1 fully saturated rings. The standard InChI is InChI=1S/C7H14IN/c1-7(2)4-3-6(5-7)9-8/h6,9H,3-5H2,1-2H3. The molecule has 0 saturated heterocycles. The van der Waals surface area contributed by atoms with Gasteiger partial charge < -0.3 is 0 Å². The first-order chi connectivity index (χ1) is 4.14. The van der Waals surface area contributed by atoms with Gasteiger partial charge in [-0.15, -0.1) is 0 Å². The second kappa shape index (κ2) is 2.74. The lowest BCUT2D eigenvalue weighted by Crippen LogP contribution is -2.17. The van der Waals surface area contributed by atoms with Crippen molar-refractivity contribution >= 4 is 22.9 Å². The molecule has 1 saturated carbocycles. The van der Waals surface area contributed by atoms with Crippen LogP contribution in [0.15, 0.2) is 0 Å². The van der Waals surface area contributed by atoms with E-state index in [4.69, 9.17) is 0 Å². The molecule has 0 bridgehead atoms. The third-order valence-corrected chi connectivity index (χ3v) is 3.00. The first kappa shape index (κ1) is 7.79. The molecule has 54 valence electrons. The van der Waals surface area contributed by atoms with E-state index in [0.717, 1.165) is 6.04 Å². The van der Waals surface area contributed by atoms with Crippen molar-refractivity contribution in [1.29, 1.82) is 0 Å². The monoisotopic (exact) mass is 239 g/mol. The summed E-state index contributed by atoms with van der Waals surface area (Å²) in [6, 6.07) is 0.778. The summed E-state index contributed by atoms with van der Waals surface area (Å²) in [4.78, 5) is 0. The fourth-order valence-corrected chi connectivity index (χ4v) is 2.06. The Morgan fingerprint density at radius 3 is 2.44 bits per heavy atom. The molecule has 1 unspecified atom stereocenters. The molecule has 0 radical (unpaired) electrons. The molecule has 1 nitrogen and oxygen atoms in total. The summed E-state index contributed by atoms with van der Waals surface area (Å²) in [5.41, 5.74) is 0.600. The highest BCUT2D eigenvalue weighted by Crippen LogP contribution is 2.37. The minimum absolute atomic E-state index is 0.600. The Morgan fingerprint density at radius 2 is 2.22 bits per heavy atom. The summed E-state index contributed by atoms with van der Waals surface area (Å²) < 4.78 is 3.29. The van der Waals surface area contributed by atoms with E-state index < -0.39 is 0 Å². The molecule has 1 aliphatic rings. The zero-order valence-corrected chi connectivity index (χ0v) is 8.23.